The third-order valence-electron chi connectivity index (χ3n) is 4.50. The van der Waals surface area contributed by atoms with E-state index >= 15 is 0 Å². The van der Waals surface area contributed by atoms with Crippen molar-refractivity contribution in [2.45, 2.75) is 58.0 Å². The lowest BCUT2D eigenvalue weighted by Crippen LogP contribution is -2.51. The highest BCUT2D eigenvalue weighted by atomic mass is 35.5. The van der Waals surface area contributed by atoms with Crippen molar-refractivity contribution in [1.82, 2.24) is 4.90 Å². The van der Waals surface area contributed by atoms with E-state index in [4.69, 9.17) is 17.3 Å². The molecule has 1 aromatic rings. The minimum absolute atomic E-state index is 0.0459. The van der Waals surface area contributed by atoms with Gasteiger partial charge < -0.3 is 11.1 Å². The van der Waals surface area contributed by atoms with E-state index in [1.54, 1.807) is 18.2 Å². The number of carbonyl (C=O) groups excluding carboxylic acids is 1. The molecule has 1 heterocycles. The van der Waals surface area contributed by atoms with Gasteiger partial charge in [0.2, 0.25) is 5.91 Å². The van der Waals surface area contributed by atoms with Crippen LogP contribution in [-0.2, 0) is 4.79 Å². The summed E-state index contributed by atoms with van der Waals surface area (Å²) >= 11 is 5.92. The average Bonchev–Trinajstić information content (AvgIpc) is 2.52. The summed E-state index contributed by atoms with van der Waals surface area (Å²) in [5, 5.41) is 3.49. The molecule has 2 rings (SSSR count). The Hall–Kier alpha value is -1.26. The largest absolute Gasteiger partial charge is 0.397 e. The number of amides is 1. The maximum absolute atomic E-state index is 12.7. The van der Waals surface area contributed by atoms with Crippen LogP contribution in [0.4, 0.5) is 11.4 Å². The Morgan fingerprint density at radius 2 is 2.23 bits per heavy atom. The monoisotopic (exact) mass is 323 g/mol. The van der Waals surface area contributed by atoms with Gasteiger partial charge in [0.25, 0.3) is 0 Å². The van der Waals surface area contributed by atoms with Crippen molar-refractivity contribution in [3.8, 4) is 0 Å². The molecule has 2 unspecified atom stereocenters. The van der Waals surface area contributed by atoms with Crippen LogP contribution in [0, 0.1) is 0 Å². The molecule has 3 N–H and O–H groups in total. The quantitative estimate of drug-likeness (QED) is 0.808. The first-order chi connectivity index (χ1) is 10.6. The van der Waals surface area contributed by atoms with Gasteiger partial charge in [-0.1, -0.05) is 31.9 Å². The van der Waals surface area contributed by atoms with Gasteiger partial charge >= 0.3 is 0 Å². The van der Waals surface area contributed by atoms with Crippen molar-refractivity contribution in [2.75, 3.05) is 17.6 Å². The van der Waals surface area contributed by atoms with Crippen LogP contribution in [0.1, 0.15) is 46.0 Å². The number of likely N-dealkylation sites (tertiary alicyclic amines) is 1. The lowest BCUT2D eigenvalue weighted by Gasteiger charge is -2.39. The van der Waals surface area contributed by atoms with E-state index in [1.807, 2.05) is 0 Å². The van der Waals surface area contributed by atoms with Gasteiger partial charge in [-0.25, -0.2) is 0 Å². The molecule has 0 saturated carbocycles. The maximum Gasteiger partial charge on any atom is 0.241 e. The molecule has 1 amide bonds. The van der Waals surface area contributed by atoms with Crippen molar-refractivity contribution in [2.24, 2.45) is 0 Å². The van der Waals surface area contributed by atoms with Gasteiger partial charge in [0, 0.05) is 11.7 Å². The molecule has 2 atom stereocenters. The number of nitrogens with one attached hydrogen (secondary N) is 1. The molecule has 0 aliphatic carbocycles. The van der Waals surface area contributed by atoms with Crippen LogP contribution < -0.4 is 11.1 Å². The number of anilines is 2. The predicted octanol–water partition coefficient (Wildman–Crippen LogP) is 3.90. The Morgan fingerprint density at radius 1 is 1.45 bits per heavy atom. The molecule has 122 valence electrons. The summed E-state index contributed by atoms with van der Waals surface area (Å²) < 4.78 is 0. The summed E-state index contributed by atoms with van der Waals surface area (Å²) in [6, 6.07) is 5.64. The van der Waals surface area contributed by atoms with Gasteiger partial charge in [-0.3, -0.25) is 9.69 Å². The SMILES string of the molecule is CCC1CCCCN1C(CC)C(=O)Nc1ccc(Cl)c(N)c1. The Balaban J connectivity index is 2.09. The number of benzene rings is 1. The van der Waals surface area contributed by atoms with Crippen LogP contribution in [0.25, 0.3) is 0 Å². The molecule has 4 nitrogen and oxygen atoms in total. The van der Waals surface area contributed by atoms with Gasteiger partial charge in [0.05, 0.1) is 16.8 Å². The molecule has 5 heteroatoms. The van der Waals surface area contributed by atoms with E-state index in [0.29, 0.717) is 22.4 Å². The lowest BCUT2D eigenvalue weighted by atomic mass is 9.96. The maximum atomic E-state index is 12.7. The molecular weight excluding hydrogens is 298 g/mol. The second-order valence-electron chi connectivity index (χ2n) is 5.95. The van der Waals surface area contributed by atoms with Crippen LogP contribution in [0.5, 0.6) is 0 Å². The minimum atomic E-state index is -0.0813. The Morgan fingerprint density at radius 3 is 2.86 bits per heavy atom. The molecular formula is C17H26ClN3O. The van der Waals surface area contributed by atoms with Crippen LogP contribution in [0.15, 0.2) is 18.2 Å². The molecule has 1 saturated heterocycles. The molecule has 0 radical (unpaired) electrons. The smallest absolute Gasteiger partial charge is 0.241 e. The molecule has 1 aliphatic rings. The van der Waals surface area contributed by atoms with E-state index in [9.17, 15) is 4.79 Å². The molecule has 0 aromatic heterocycles. The lowest BCUT2D eigenvalue weighted by molar-refractivity contribution is -0.123. The molecule has 1 aromatic carbocycles. The molecule has 22 heavy (non-hydrogen) atoms. The van der Waals surface area contributed by atoms with Gasteiger partial charge in [-0.2, -0.15) is 0 Å². The molecule has 0 spiro atoms. The number of halogens is 1. The summed E-state index contributed by atoms with van der Waals surface area (Å²) in [7, 11) is 0. The Kier molecular flexibility index (Phi) is 6.09. The minimum Gasteiger partial charge on any atom is -0.397 e. The number of carbonyl (C=O) groups is 1. The number of nitrogens with zero attached hydrogens (tertiary/aromatic N) is 1. The third kappa shape index (κ3) is 3.93. The van der Waals surface area contributed by atoms with E-state index < -0.39 is 0 Å². The fourth-order valence-electron chi connectivity index (χ4n) is 3.29. The highest BCUT2D eigenvalue weighted by Crippen LogP contribution is 2.25. The van der Waals surface area contributed by atoms with E-state index in [1.165, 1.54) is 19.3 Å². The van der Waals surface area contributed by atoms with E-state index in [2.05, 4.69) is 24.1 Å². The predicted molar refractivity (Wildman–Crippen MR) is 93.2 cm³/mol. The molecule has 1 aliphatic heterocycles. The number of hydrogen-bond acceptors (Lipinski definition) is 3. The van der Waals surface area contributed by atoms with Crippen LogP contribution in [0.2, 0.25) is 5.02 Å². The highest BCUT2D eigenvalue weighted by molar-refractivity contribution is 6.33. The van der Waals surface area contributed by atoms with E-state index in [0.717, 1.165) is 19.4 Å². The zero-order valence-corrected chi connectivity index (χ0v) is 14.2. The normalized spacial score (nSPS) is 20.6. The van der Waals surface area contributed by atoms with Crippen molar-refractivity contribution in [3.63, 3.8) is 0 Å². The Labute approximate surface area is 138 Å². The zero-order valence-electron chi connectivity index (χ0n) is 13.4. The van der Waals surface area contributed by atoms with Crippen molar-refractivity contribution in [1.29, 1.82) is 0 Å². The number of rotatable bonds is 5. The van der Waals surface area contributed by atoms with Crippen molar-refractivity contribution >= 4 is 28.9 Å². The summed E-state index contributed by atoms with van der Waals surface area (Å²) in [6.45, 7) is 5.28. The van der Waals surface area contributed by atoms with Crippen molar-refractivity contribution in [3.05, 3.63) is 23.2 Å². The highest BCUT2D eigenvalue weighted by Gasteiger charge is 2.31. The zero-order chi connectivity index (χ0) is 16.1. The fraction of sp³-hybridized carbons (Fsp3) is 0.588. The first kappa shape index (κ1) is 17.1. The van der Waals surface area contributed by atoms with Gasteiger partial charge in [0.15, 0.2) is 0 Å². The summed E-state index contributed by atoms with van der Waals surface area (Å²) in [5.74, 6) is 0.0459. The van der Waals surface area contributed by atoms with Gasteiger partial charge in [-0.05, 0) is 50.4 Å². The number of hydrogen-bond donors (Lipinski definition) is 2. The van der Waals surface area contributed by atoms with Crippen LogP contribution in [0.3, 0.4) is 0 Å². The molecule has 0 bridgehead atoms. The van der Waals surface area contributed by atoms with E-state index in [-0.39, 0.29) is 11.9 Å². The number of nitrogens with two attached hydrogens (primary N) is 1. The second-order valence-corrected chi connectivity index (χ2v) is 6.35. The van der Waals surface area contributed by atoms with Gasteiger partial charge in [-0.15, -0.1) is 0 Å². The standard InChI is InChI=1S/C17H26ClN3O/c1-3-13-7-5-6-10-21(13)16(4-2)17(22)20-12-8-9-14(18)15(19)11-12/h8-9,11,13,16H,3-7,10,19H2,1-2H3,(H,20,22). The average molecular weight is 324 g/mol. The van der Waals surface area contributed by atoms with Gasteiger partial charge in [0.1, 0.15) is 0 Å². The fourth-order valence-corrected chi connectivity index (χ4v) is 3.41. The van der Waals surface area contributed by atoms with Crippen LogP contribution in [-0.4, -0.2) is 29.4 Å². The summed E-state index contributed by atoms with van der Waals surface area (Å²) in [5.41, 5.74) is 6.99. The topological polar surface area (TPSA) is 58.4 Å². The van der Waals surface area contributed by atoms with Crippen molar-refractivity contribution < 1.29 is 4.79 Å². The molecule has 1 fully saturated rings. The third-order valence-corrected chi connectivity index (χ3v) is 4.84. The second kappa shape index (κ2) is 7.84. The van der Waals surface area contributed by atoms with Crippen LogP contribution >= 0.6 is 11.6 Å². The first-order valence-electron chi connectivity index (χ1n) is 8.18. The number of nitrogen functional groups attached to an aromatic ring is 1. The summed E-state index contributed by atoms with van der Waals surface area (Å²) in [6.07, 6.45) is 5.53. The number of piperidine rings is 1. The Bertz CT molecular complexity index is 521. The first-order valence-corrected chi connectivity index (χ1v) is 8.56. The summed E-state index contributed by atoms with van der Waals surface area (Å²) in [4.78, 5) is 15.0.